The van der Waals surface area contributed by atoms with Gasteiger partial charge in [0.05, 0.1) is 6.61 Å². The van der Waals surface area contributed by atoms with Crippen LogP contribution in [0.2, 0.25) is 0 Å². The average Bonchev–Trinajstić information content (AvgIpc) is 3.31. The Kier molecular flexibility index (Phi) is 8.99. The zero-order valence-electron chi connectivity index (χ0n) is 19.8. The lowest BCUT2D eigenvalue weighted by Crippen LogP contribution is -2.13. The number of nitriles is 1. The molecule has 0 saturated heterocycles. The summed E-state index contributed by atoms with van der Waals surface area (Å²) in [7, 11) is -3.61. The Labute approximate surface area is 213 Å². The topological polar surface area (TPSA) is 140 Å². The van der Waals surface area contributed by atoms with Gasteiger partial charge in [-0.05, 0) is 49.2 Å². The van der Waals surface area contributed by atoms with Crippen molar-refractivity contribution in [2.24, 2.45) is 0 Å². The van der Waals surface area contributed by atoms with Crippen molar-refractivity contribution in [1.82, 2.24) is 9.36 Å². The molecule has 2 aromatic carbocycles. The largest absolute Gasteiger partial charge is 0.490 e. The minimum Gasteiger partial charge on any atom is -0.490 e. The molecule has 0 saturated carbocycles. The van der Waals surface area contributed by atoms with E-state index in [0.29, 0.717) is 41.8 Å². The zero-order valence-corrected chi connectivity index (χ0v) is 21.5. The van der Waals surface area contributed by atoms with E-state index in [4.69, 9.17) is 14.2 Å². The van der Waals surface area contributed by atoms with Crippen LogP contribution < -0.4 is 19.5 Å². The van der Waals surface area contributed by atoms with E-state index in [2.05, 4.69) is 14.7 Å². The summed E-state index contributed by atoms with van der Waals surface area (Å²) >= 11 is 0.703. The van der Waals surface area contributed by atoms with E-state index in [0.717, 1.165) is 17.6 Å². The number of amides is 1. The van der Waals surface area contributed by atoms with E-state index in [1.807, 2.05) is 44.2 Å². The molecule has 36 heavy (non-hydrogen) atoms. The molecule has 12 heteroatoms. The van der Waals surface area contributed by atoms with Crippen molar-refractivity contribution in [3.63, 3.8) is 0 Å². The van der Waals surface area contributed by atoms with Crippen molar-refractivity contribution < 1.29 is 27.4 Å². The molecular weight excluding hydrogens is 504 g/mol. The fraction of sp³-hybridized carbons (Fsp3) is 0.250. The summed E-state index contributed by atoms with van der Waals surface area (Å²) in [5.41, 5.74) is 1.35. The highest BCUT2D eigenvalue weighted by molar-refractivity contribution is 7.90. The van der Waals surface area contributed by atoms with Crippen LogP contribution in [-0.2, 0) is 14.6 Å². The van der Waals surface area contributed by atoms with Crippen LogP contribution >= 0.6 is 11.5 Å². The van der Waals surface area contributed by atoms with E-state index in [9.17, 15) is 18.5 Å². The highest BCUT2D eigenvalue weighted by Gasteiger charge is 2.18. The van der Waals surface area contributed by atoms with Crippen molar-refractivity contribution >= 4 is 38.5 Å². The Morgan fingerprint density at radius 1 is 1.11 bits per heavy atom. The van der Waals surface area contributed by atoms with Gasteiger partial charge in [0.15, 0.2) is 11.5 Å². The third kappa shape index (κ3) is 7.27. The summed E-state index contributed by atoms with van der Waals surface area (Å²) in [4.78, 5) is 16.3. The second kappa shape index (κ2) is 12.1. The van der Waals surface area contributed by atoms with Crippen LogP contribution in [0.4, 0.5) is 5.13 Å². The monoisotopic (exact) mass is 528 g/mol. The Hall–Kier alpha value is -3.95. The van der Waals surface area contributed by atoms with Crippen molar-refractivity contribution in [3.05, 3.63) is 59.2 Å². The number of benzene rings is 2. The van der Waals surface area contributed by atoms with Gasteiger partial charge >= 0.3 is 0 Å². The van der Waals surface area contributed by atoms with Gasteiger partial charge in [-0.2, -0.15) is 14.6 Å². The van der Waals surface area contributed by atoms with Gasteiger partial charge in [0, 0.05) is 17.8 Å². The van der Waals surface area contributed by atoms with Crippen molar-refractivity contribution in [2.45, 2.75) is 19.0 Å². The van der Waals surface area contributed by atoms with Crippen LogP contribution in [0.3, 0.4) is 0 Å². The third-order valence-corrected chi connectivity index (χ3v) is 6.19. The van der Waals surface area contributed by atoms with E-state index in [1.165, 1.54) is 6.08 Å². The average molecular weight is 529 g/mol. The highest BCUT2D eigenvalue weighted by Crippen LogP contribution is 2.29. The molecule has 0 aliphatic heterocycles. The second-order valence-electron chi connectivity index (χ2n) is 7.38. The summed E-state index contributed by atoms with van der Waals surface area (Å²) in [5.74, 6) is 0.976. The lowest BCUT2D eigenvalue weighted by molar-refractivity contribution is -0.112. The first kappa shape index (κ1) is 26.7. The van der Waals surface area contributed by atoms with Crippen LogP contribution in [0.25, 0.3) is 6.08 Å². The van der Waals surface area contributed by atoms with Gasteiger partial charge in [-0.1, -0.05) is 24.3 Å². The zero-order chi connectivity index (χ0) is 26.1. The SMILES string of the molecule is CCOc1cc(C=C(C#N)C(=O)Nc2nc(S(C)(=O)=O)ns2)ccc1OCCOc1ccccc1C. The van der Waals surface area contributed by atoms with Crippen molar-refractivity contribution in [1.29, 1.82) is 5.26 Å². The quantitative estimate of drug-likeness (QED) is 0.224. The molecule has 3 aromatic rings. The number of rotatable bonds is 11. The molecule has 10 nitrogen and oxygen atoms in total. The van der Waals surface area contributed by atoms with Crippen LogP contribution in [-0.4, -0.2) is 49.8 Å². The molecule has 0 unspecified atom stereocenters. The molecule has 1 amide bonds. The molecule has 0 bridgehead atoms. The van der Waals surface area contributed by atoms with Crippen LogP contribution in [0, 0.1) is 18.3 Å². The summed E-state index contributed by atoms with van der Waals surface area (Å²) in [5, 5.41) is 11.4. The number of carbonyl (C=O) groups excluding carboxylic acids is 1. The van der Waals surface area contributed by atoms with E-state index in [1.54, 1.807) is 18.2 Å². The molecule has 0 radical (unpaired) electrons. The molecule has 3 rings (SSSR count). The summed E-state index contributed by atoms with van der Waals surface area (Å²) in [6, 6.07) is 14.5. The molecule has 0 atom stereocenters. The molecule has 0 fully saturated rings. The number of para-hydroxylation sites is 1. The molecule has 188 valence electrons. The maximum absolute atomic E-state index is 12.5. The number of sulfone groups is 1. The molecule has 0 spiro atoms. The second-order valence-corrected chi connectivity index (χ2v) is 10.0. The Bertz CT molecular complexity index is 1410. The van der Waals surface area contributed by atoms with Crippen molar-refractivity contribution in [3.8, 4) is 23.3 Å². The molecule has 1 aromatic heterocycles. The standard InChI is InChI=1S/C24H24N4O6S2/c1-4-32-21-14-17(9-10-20(21)34-12-11-33-19-8-6-5-7-16(19)2)13-18(15-25)22(29)26-23-27-24(28-35-23)36(3,30)31/h5-10,13-14H,4,11-12H2,1-3H3,(H,26,27,28,29). The van der Waals surface area contributed by atoms with Gasteiger partial charge in [-0.25, -0.2) is 8.42 Å². The lowest BCUT2D eigenvalue weighted by atomic mass is 10.1. The molecule has 1 heterocycles. The smallest absolute Gasteiger partial charge is 0.268 e. The number of nitrogens with one attached hydrogen (secondary N) is 1. The van der Waals surface area contributed by atoms with Gasteiger partial charge in [-0.3, -0.25) is 10.1 Å². The highest BCUT2D eigenvalue weighted by atomic mass is 32.2. The molecule has 1 N–H and O–H groups in total. The van der Waals surface area contributed by atoms with Gasteiger partial charge in [0.2, 0.25) is 15.0 Å². The van der Waals surface area contributed by atoms with Crippen LogP contribution in [0.15, 0.2) is 53.2 Å². The first-order chi connectivity index (χ1) is 17.2. The fourth-order valence-electron chi connectivity index (χ4n) is 2.91. The Morgan fingerprint density at radius 2 is 1.83 bits per heavy atom. The molecule has 0 aliphatic carbocycles. The van der Waals surface area contributed by atoms with Gasteiger partial charge in [0.1, 0.15) is 30.6 Å². The van der Waals surface area contributed by atoms with Gasteiger partial charge in [0.25, 0.3) is 11.1 Å². The number of hydrogen-bond donors (Lipinski definition) is 1. The first-order valence-electron chi connectivity index (χ1n) is 10.8. The number of nitrogens with zero attached hydrogens (tertiary/aromatic N) is 3. The van der Waals surface area contributed by atoms with E-state index >= 15 is 0 Å². The summed E-state index contributed by atoms with van der Waals surface area (Å²) in [6.45, 7) is 4.80. The lowest BCUT2D eigenvalue weighted by Gasteiger charge is -2.14. The van der Waals surface area contributed by atoms with Crippen LogP contribution in [0.5, 0.6) is 17.2 Å². The number of aryl methyl sites for hydroxylation is 1. The molecule has 0 aliphatic rings. The number of hydrogen-bond acceptors (Lipinski definition) is 10. The number of aromatic nitrogens is 2. The Balaban J connectivity index is 1.68. The maximum Gasteiger partial charge on any atom is 0.268 e. The predicted molar refractivity (Wildman–Crippen MR) is 135 cm³/mol. The number of carbonyl (C=O) groups is 1. The molecular formula is C24H24N4O6S2. The minimum absolute atomic E-state index is 0.0340. The van der Waals surface area contributed by atoms with Crippen LogP contribution in [0.1, 0.15) is 18.1 Å². The van der Waals surface area contributed by atoms with Gasteiger partial charge < -0.3 is 14.2 Å². The minimum atomic E-state index is -3.61. The number of anilines is 1. The third-order valence-electron chi connectivity index (χ3n) is 4.60. The normalized spacial score (nSPS) is 11.4. The fourth-order valence-corrected chi connectivity index (χ4v) is 4.35. The number of ether oxygens (including phenoxy) is 3. The van der Waals surface area contributed by atoms with E-state index < -0.39 is 20.9 Å². The summed E-state index contributed by atoms with van der Waals surface area (Å²) < 4.78 is 43.9. The van der Waals surface area contributed by atoms with Gasteiger partial charge in [-0.15, -0.1) is 0 Å². The summed E-state index contributed by atoms with van der Waals surface area (Å²) in [6.07, 6.45) is 2.34. The van der Waals surface area contributed by atoms with Crippen molar-refractivity contribution in [2.75, 3.05) is 31.4 Å². The Morgan fingerprint density at radius 3 is 2.47 bits per heavy atom. The van der Waals surface area contributed by atoms with E-state index in [-0.39, 0.29) is 17.3 Å². The maximum atomic E-state index is 12.5. The first-order valence-corrected chi connectivity index (χ1v) is 13.4. The predicted octanol–water partition coefficient (Wildman–Crippen LogP) is 3.65.